The smallest absolute Gasteiger partial charge is 0.234 e. The van der Waals surface area contributed by atoms with E-state index in [1.54, 1.807) is 0 Å². The van der Waals surface area contributed by atoms with Gasteiger partial charge in [0.25, 0.3) is 0 Å². The zero-order chi connectivity index (χ0) is 14.6. The van der Waals surface area contributed by atoms with E-state index in [9.17, 15) is 4.79 Å². The van der Waals surface area contributed by atoms with Crippen LogP contribution in [0.1, 0.15) is 45.4 Å². The van der Waals surface area contributed by atoms with Crippen LogP contribution in [-0.4, -0.2) is 36.2 Å². The van der Waals surface area contributed by atoms with Crippen molar-refractivity contribution < 1.29 is 14.7 Å². The van der Waals surface area contributed by atoms with Crippen molar-refractivity contribution >= 4 is 11.7 Å². The molecule has 1 saturated carbocycles. The van der Waals surface area contributed by atoms with Gasteiger partial charge in [-0.25, -0.2) is 0 Å². The maximum atomic E-state index is 12.7. The van der Waals surface area contributed by atoms with E-state index in [1.165, 1.54) is 6.42 Å². The topological polar surface area (TPSA) is 96.9 Å². The Labute approximate surface area is 119 Å². The summed E-state index contributed by atoms with van der Waals surface area (Å²) in [6, 6.07) is 0.206. The minimum atomic E-state index is -0.909. The summed E-state index contributed by atoms with van der Waals surface area (Å²) < 4.78 is 5.30. The molecule has 1 saturated heterocycles. The molecule has 114 valence electrons. The molecule has 1 aliphatic heterocycles. The van der Waals surface area contributed by atoms with E-state index < -0.39 is 5.41 Å². The third-order valence-corrected chi connectivity index (χ3v) is 4.65. The fourth-order valence-electron chi connectivity index (χ4n) is 3.30. The van der Waals surface area contributed by atoms with Gasteiger partial charge in [-0.1, -0.05) is 24.9 Å². The molecular formula is C14H25N3O3. The minimum absolute atomic E-state index is 0.00200. The number of amides is 1. The second-order valence-corrected chi connectivity index (χ2v) is 6.12. The molecule has 0 aromatic carbocycles. The zero-order valence-corrected chi connectivity index (χ0v) is 12.1. The van der Waals surface area contributed by atoms with Crippen LogP contribution in [0, 0.1) is 11.3 Å². The molecule has 2 fully saturated rings. The number of ether oxygens (including phenoxy) is 1. The number of amidine groups is 1. The predicted octanol–water partition coefficient (Wildman–Crippen LogP) is 1.22. The summed E-state index contributed by atoms with van der Waals surface area (Å²) in [5.41, 5.74) is 4.89. The molecule has 2 atom stereocenters. The molecule has 0 spiro atoms. The van der Waals surface area contributed by atoms with Gasteiger partial charge < -0.3 is 21.0 Å². The largest absolute Gasteiger partial charge is 0.409 e. The average Bonchev–Trinajstić information content (AvgIpc) is 2.47. The zero-order valence-electron chi connectivity index (χ0n) is 12.1. The molecule has 2 rings (SSSR count). The number of rotatable bonds is 3. The van der Waals surface area contributed by atoms with Gasteiger partial charge in [-0.3, -0.25) is 4.79 Å². The first-order chi connectivity index (χ1) is 9.58. The van der Waals surface area contributed by atoms with E-state index in [0.717, 1.165) is 19.3 Å². The van der Waals surface area contributed by atoms with Gasteiger partial charge in [-0.05, 0) is 31.6 Å². The fourth-order valence-corrected chi connectivity index (χ4v) is 3.30. The lowest BCUT2D eigenvalue weighted by atomic mass is 9.77. The number of nitrogens with one attached hydrogen (secondary N) is 1. The van der Waals surface area contributed by atoms with Gasteiger partial charge in [-0.15, -0.1) is 0 Å². The second kappa shape index (κ2) is 6.43. The summed E-state index contributed by atoms with van der Waals surface area (Å²) in [6.45, 7) is 3.14. The van der Waals surface area contributed by atoms with Gasteiger partial charge in [0.1, 0.15) is 5.41 Å². The normalized spacial score (nSPS) is 30.8. The Morgan fingerprint density at radius 3 is 2.70 bits per heavy atom. The first kappa shape index (κ1) is 15.1. The second-order valence-electron chi connectivity index (χ2n) is 6.12. The van der Waals surface area contributed by atoms with Crippen LogP contribution in [0.25, 0.3) is 0 Å². The molecule has 4 N–H and O–H groups in total. The summed E-state index contributed by atoms with van der Waals surface area (Å²) in [6.07, 6.45) is 5.33. The number of nitrogens with two attached hydrogens (primary N) is 1. The van der Waals surface area contributed by atoms with Gasteiger partial charge in [0.2, 0.25) is 5.91 Å². The number of oxime groups is 1. The third kappa shape index (κ3) is 3.06. The molecule has 1 aliphatic carbocycles. The standard InChI is InChI=1S/C14H25N3O3/c1-10-3-2-4-11(9-10)16-13(18)14(12(15)17-19)5-7-20-8-6-14/h10-11,19H,2-9H2,1H3,(H2,15,17)(H,16,18). The highest BCUT2D eigenvalue weighted by Gasteiger charge is 2.45. The molecule has 1 heterocycles. The monoisotopic (exact) mass is 283 g/mol. The SMILES string of the molecule is CC1CCCC(NC(=O)C2(C(N)=NO)CCOCC2)C1. The highest BCUT2D eigenvalue weighted by molar-refractivity contribution is 6.06. The summed E-state index contributed by atoms with van der Waals surface area (Å²) >= 11 is 0. The molecule has 0 aromatic rings. The lowest BCUT2D eigenvalue weighted by molar-refractivity contribution is -0.132. The van der Waals surface area contributed by atoms with Crippen LogP contribution < -0.4 is 11.1 Å². The Morgan fingerprint density at radius 1 is 1.40 bits per heavy atom. The highest BCUT2D eigenvalue weighted by Crippen LogP contribution is 2.32. The Morgan fingerprint density at radius 2 is 2.10 bits per heavy atom. The molecule has 1 amide bonds. The molecule has 6 nitrogen and oxygen atoms in total. The molecule has 0 radical (unpaired) electrons. The van der Waals surface area contributed by atoms with E-state index >= 15 is 0 Å². The van der Waals surface area contributed by atoms with Crippen molar-refractivity contribution in [2.45, 2.75) is 51.5 Å². The number of hydrogen-bond donors (Lipinski definition) is 3. The number of nitrogens with zero attached hydrogens (tertiary/aromatic N) is 1. The van der Waals surface area contributed by atoms with E-state index in [0.29, 0.717) is 32.0 Å². The average molecular weight is 283 g/mol. The predicted molar refractivity (Wildman–Crippen MR) is 75.5 cm³/mol. The van der Waals surface area contributed by atoms with E-state index in [4.69, 9.17) is 15.7 Å². The van der Waals surface area contributed by atoms with Gasteiger partial charge in [0.15, 0.2) is 5.84 Å². The van der Waals surface area contributed by atoms with E-state index in [2.05, 4.69) is 17.4 Å². The van der Waals surface area contributed by atoms with Gasteiger partial charge in [0, 0.05) is 19.3 Å². The van der Waals surface area contributed by atoms with Crippen molar-refractivity contribution in [1.82, 2.24) is 5.32 Å². The summed E-state index contributed by atoms with van der Waals surface area (Å²) in [4.78, 5) is 12.7. The Kier molecular flexibility index (Phi) is 4.86. The van der Waals surface area contributed by atoms with Crippen molar-refractivity contribution in [2.24, 2.45) is 22.2 Å². The lowest BCUT2D eigenvalue weighted by Crippen LogP contribution is -2.55. The quantitative estimate of drug-likeness (QED) is 0.314. The Bertz CT molecular complexity index is 378. The van der Waals surface area contributed by atoms with Crippen LogP contribution in [0.3, 0.4) is 0 Å². The summed E-state index contributed by atoms with van der Waals surface area (Å²) in [5, 5.41) is 15.2. The first-order valence-corrected chi connectivity index (χ1v) is 7.45. The molecule has 0 aromatic heterocycles. The van der Waals surface area contributed by atoms with Crippen LogP contribution in [0.4, 0.5) is 0 Å². The van der Waals surface area contributed by atoms with Crippen molar-refractivity contribution in [1.29, 1.82) is 0 Å². The molecule has 6 heteroatoms. The van der Waals surface area contributed by atoms with Gasteiger partial charge in [-0.2, -0.15) is 0 Å². The summed E-state index contributed by atoms with van der Waals surface area (Å²) in [7, 11) is 0. The van der Waals surface area contributed by atoms with E-state index in [-0.39, 0.29) is 17.8 Å². The number of carbonyl (C=O) groups excluding carboxylic acids is 1. The van der Waals surface area contributed by atoms with Crippen molar-refractivity contribution in [3.8, 4) is 0 Å². The van der Waals surface area contributed by atoms with Crippen LogP contribution in [0.2, 0.25) is 0 Å². The van der Waals surface area contributed by atoms with Gasteiger partial charge in [0.05, 0.1) is 0 Å². The number of hydrogen-bond acceptors (Lipinski definition) is 4. The fraction of sp³-hybridized carbons (Fsp3) is 0.857. The molecule has 2 aliphatic rings. The molecular weight excluding hydrogens is 258 g/mol. The Balaban J connectivity index is 2.07. The third-order valence-electron chi connectivity index (χ3n) is 4.65. The molecule has 20 heavy (non-hydrogen) atoms. The van der Waals surface area contributed by atoms with Crippen LogP contribution in [-0.2, 0) is 9.53 Å². The minimum Gasteiger partial charge on any atom is -0.409 e. The maximum absolute atomic E-state index is 12.7. The molecule has 2 unspecified atom stereocenters. The lowest BCUT2D eigenvalue weighted by Gasteiger charge is -2.37. The van der Waals surface area contributed by atoms with Crippen LogP contribution >= 0.6 is 0 Å². The maximum Gasteiger partial charge on any atom is 0.234 e. The van der Waals surface area contributed by atoms with Crippen LogP contribution in [0.5, 0.6) is 0 Å². The summed E-state index contributed by atoms with van der Waals surface area (Å²) in [5.74, 6) is 0.529. The van der Waals surface area contributed by atoms with Crippen molar-refractivity contribution in [3.05, 3.63) is 0 Å². The Hall–Kier alpha value is -1.30. The van der Waals surface area contributed by atoms with E-state index in [1.807, 2.05) is 0 Å². The van der Waals surface area contributed by atoms with Crippen LogP contribution in [0.15, 0.2) is 5.16 Å². The molecule has 0 bridgehead atoms. The van der Waals surface area contributed by atoms with Crippen molar-refractivity contribution in [2.75, 3.05) is 13.2 Å². The van der Waals surface area contributed by atoms with Gasteiger partial charge >= 0.3 is 0 Å². The van der Waals surface area contributed by atoms with Crippen molar-refractivity contribution in [3.63, 3.8) is 0 Å². The highest BCUT2D eigenvalue weighted by atomic mass is 16.5. The first-order valence-electron chi connectivity index (χ1n) is 7.45. The number of carbonyl (C=O) groups is 1.